The van der Waals surface area contributed by atoms with Crippen molar-refractivity contribution in [2.24, 2.45) is 0 Å². The van der Waals surface area contributed by atoms with Crippen molar-refractivity contribution in [3.8, 4) is 0 Å². The Bertz CT molecular complexity index is 885. The SMILES string of the molecule is Cc1cccc(C(=O)N2CCCN(C(=O)CCCc3ccc(Cl)c(Cl)c3)CC2)c1. The van der Waals surface area contributed by atoms with Crippen LogP contribution < -0.4 is 0 Å². The second-order valence-electron chi connectivity index (χ2n) is 7.50. The largest absolute Gasteiger partial charge is 0.341 e. The monoisotopic (exact) mass is 432 g/mol. The molecule has 6 heteroatoms. The molecule has 4 nitrogen and oxygen atoms in total. The van der Waals surface area contributed by atoms with E-state index in [1.165, 1.54) is 0 Å². The zero-order valence-electron chi connectivity index (χ0n) is 16.7. The summed E-state index contributed by atoms with van der Waals surface area (Å²) in [5, 5.41) is 1.09. The van der Waals surface area contributed by atoms with E-state index in [-0.39, 0.29) is 11.8 Å². The summed E-state index contributed by atoms with van der Waals surface area (Å²) in [6.45, 7) is 4.52. The average Bonchev–Trinajstić information content (AvgIpc) is 2.96. The van der Waals surface area contributed by atoms with E-state index in [1.807, 2.05) is 53.1 Å². The van der Waals surface area contributed by atoms with Gasteiger partial charge >= 0.3 is 0 Å². The first kappa shape index (κ1) is 21.7. The van der Waals surface area contributed by atoms with E-state index >= 15 is 0 Å². The molecule has 0 aliphatic carbocycles. The topological polar surface area (TPSA) is 40.6 Å². The highest BCUT2D eigenvalue weighted by Gasteiger charge is 2.22. The predicted octanol–water partition coefficient (Wildman–Crippen LogP) is 5.00. The van der Waals surface area contributed by atoms with Crippen LogP contribution in [0.1, 0.15) is 40.7 Å². The van der Waals surface area contributed by atoms with Crippen LogP contribution in [-0.2, 0) is 11.2 Å². The quantitative estimate of drug-likeness (QED) is 0.666. The number of benzene rings is 2. The number of hydrogen-bond donors (Lipinski definition) is 0. The minimum atomic E-state index is 0.0441. The van der Waals surface area contributed by atoms with Gasteiger partial charge in [-0.1, -0.05) is 47.0 Å². The Kier molecular flexibility index (Phi) is 7.57. The van der Waals surface area contributed by atoms with Gasteiger partial charge in [0.2, 0.25) is 5.91 Å². The number of halogens is 2. The number of carbonyl (C=O) groups is 2. The molecular weight excluding hydrogens is 407 g/mol. The van der Waals surface area contributed by atoms with Gasteiger partial charge in [-0.2, -0.15) is 0 Å². The van der Waals surface area contributed by atoms with E-state index in [4.69, 9.17) is 23.2 Å². The molecule has 1 heterocycles. The summed E-state index contributed by atoms with van der Waals surface area (Å²) in [5.74, 6) is 0.192. The summed E-state index contributed by atoms with van der Waals surface area (Å²) in [7, 11) is 0. The van der Waals surface area contributed by atoms with E-state index in [1.54, 1.807) is 6.07 Å². The predicted molar refractivity (Wildman–Crippen MR) is 118 cm³/mol. The van der Waals surface area contributed by atoms with Crippen molar-refractivity contribution in [3.05, 3.63) is 69.2 Å². The van der Waals surface area contributed by atoms with Gasteiger partial charge in [0.05, 0.1) is 10.0 Å². The van der Waals surface area contributed by atoms with Crippen LogP contribution in [-0.4, -0.2) is 47.8 Å². The number of nitrogens with zero attached hydrogens (tertiary/aromatic N) is 2. The van der Waals surface area contributed by atoms with Crippen LogP contribution >= 0.6 is 23.2 Å². The molecule has 0 spiro atoms. The molecule has 0 saturated carbocycles. The summed E-state index contributed by atoms with van der Waals surface area (Å²) in [6.07, 6.45) is 2.84. The zero-order chi connectivity index (χ0) is 20.8. The molecule has 1 fully saturated rings. The number of rotatable bonds is 5. The maximum absolute atomic E-state index is 12.8. The number of amides is 2. The van der Waals surface area contributed by atoms with Crippen molar-refractivity contribution in [1.29, 1.82) is 0 Å². The third-order valence-electron chi connectivity index (χ3n) is 5.24. The Balaban J connectivity index is 1.48. The lowest BCUT2D eigenvalue weighted by Crippen LogP contribution is -2.37. The van der Waals surface area contributed by atoms with Crippen LogP contribution in [0, 0.1) is 6.92 Å². The van der Waals surface area contributed by atoms with Crippen molar-refractivity contribution in [2.45, 2.75) is 32.6 Å². The van der Waals surface area contributed by atoms with Gasteiger partial charge in [-0.05, 0) is 56.0 Å². The third-order valence-corrected chi connectivity index (χ3v) is 5.98. The lowest BCUT2D eigenvalue weighted by molar-refractivity contribution is -0.131. The minimum absolute atomic E-state index is 0.0441. The number of aryl methyl sites for hydroxylation is 2. The Morgan fingerprint density at radius 2 is 1.69 bits per heavy atom. The molecule has 1 aliphatic heterocycles. The normalized spacial score (nSPS) is 14.6. The fraction of sp³-hybridized carbons (Fsp3) is 0.391. The van der Waals surface area contributed by atoms with Crippen molar-refractivity contribution >= 4 is 35.0 Å². The van der Waals surface area contributed by atoms with Gasteiger partial charge in [0, 0.05) is 38.2 Å². The summed E-state index contributed by atoms with van der Waals surface area (Å²) < 4.78 is 0. The van der Waals surface area contributed by atoms with E-state index < -0.39 is 0 Å². The Morgan fingerprint density at radius 1 is 0.931 bits per heavy atom. The van der Waals surface area contributed by atoms with Gasteiger partial charge in [0.15, 0.2) is 0 Å². The van der Waals surface area contributed by atoms with Crippen LogP contribution in [0.3, 0.4) is 0 Å². The van der Waals surface area contributed by atoms with E-state index in [9.17, 15) is 9.59 Å². The Labute approximate surface area is 182 Å². The summed E-state index contributed by atoms with van der Waals surface area (Å²) >= 11 is 12.0. The maximum Gasteiger partial charge on any atom is 0.253 e. The van der Waals surface area contributed by atoms with Crippen LogP contribution in [0.5, 0.6) is 0 Å². The Hall–Kier alpha value is -2.04. The van der Waals surface area contributed by atoms with E-state index in [2.05, 4.69) is 0 Å². The Morgan fingerprint density at radius 3 is 2.45 bits per heavy atom. The molecule has 0 atom stereocenters. The van der Waals surface area contributed by atoms with Gasteiger partial charge < -0.3 is 9.80 Å². The summed E-state index contributed by atoms with van der Waals surface area (Å²) in [5.41, 5.74) is 2.87. The standard InChI is InChI=1S/C23H26Cl2N2O2/c1-17-5-2-7-19(15-17)23(29)27-12-4-11-26(13-14-27)22(28)8-3-6-18-9-10-20(24)21(25)16-18/h2,5,7,9-10,15-16H,3-4,6,8,11-14H2,1H3. The van der Waals surface area contributed by atoms with Crippen LogP contribution in [0.25, 0.3) is 0 Å². The smallest absolute Gasteiger partial charge is 0.253 e. The molecule has 0 N–H and O–H groups in total. The highest BCUT2D eigenvalue weighted by Crippen LogP contribution is 2.23. The van der Waals surface area contributed by atoms with E-state index in [0.717, 1.165) is 30.4 Å². The fourth-order valence-electron chi connectivity index (χ4n) is 3.63. The average molecular weight is 433 g/mol. The third kappa shape index (κ3) is 5.97. The molecule has 0 radical (unpaired) electrons. The molecule has 2 amide bonds. The molecular formula is C23H26Cl2N2O2. The van der Waals surface area contributed by atoms with Crippen LogP contribution in [0.2, 0.25) is 10.0 Å². The van der Waals surface area contributed by atoms with Crippen molar-refractivity contribution in [3.63, 3.8) is 0 Å². The van der Waals surface area contributed by atoms with Gasteiger partial charge in [-0.15, -0.1) is 0 Å². The van der Waals surface area contributed by atoms with Gasteiger partial charge in [0.1, 0.15) is 0 Å². The van der Waals surface area contributed by atoms with Crippen molar-refractivity contribution < 1.29 is 9.59 Å². The van der Waals surface area contributed by atoms with Gasteiger partial charge in [-0.25, -0.2) is 0 Å². The molecule has 1 saturated heterocycles. The minimum Gasteiger partial charge on any atom is -0.341 e. The first-order valence-electron chi connectivity index (χ1n) is 10.0. The molecule has 29 heavy (non-hydrogen) atoms. The lowest BCUT2D eigenvalue weighted by atomic mass is 10.1. The van der Waals surface area contributed by atoms with Gasteiger partial charge in [-0.3, -0.25) is 9.59 Å². The highest BCUT2D eigenvalue weighted by molar-refractivity contribution is 6.42. The molecule has 1 aliphatic rings. The molecule has 2 aromatic carbocycles. The zero-order valence-corrected chi connectivity index (χ0v) is 18.2. The molecule has 2 aromatic rings. The molecule has 3 rings (SSSR count). The van der Waals surface area contributed by atoms with Crippen molar-refractivity contribution in [2.75, 3.05) is 26.2 Å². The number of carbonyl (C=O) groups excluding carboxylic acids is 2. The molecule has 0 bridgehead atoms. The van der Waals surface area contributed by atoms with E-state index in [0.29, 0.717) is 48.2 Å². The van der Waals surface area contributed by atoms with Crippen LogP contribution in [0.15, 0.2) is 42.5 Å². The molecule has 0 aromatic heterocycles. The molecule has 154 valence electrons. The van der Waals surface area contributed by atoms with Crippen LogP contribution in [0.4, 0.5) is 0 Å². The van der Waals surface area contributed by atoms with Crippen molar-refractivity contribution in [1.82, 2.24) is 9.80 Å². The highest BCUT2D eigenvalue weighted by atomic mass is 35.5. The first-order valence-corrected chi connectivity index (χ1v) is 10.8. The maximum atomic E-state index is 12.8. The second-order valence-corrected chi connectivity index (χ2v) is 8.31. The summed E-state index contributed by atoms with van der Waals surface area (Å²) in [6, 6.07) is 13.2. The molecule has 0 unspecified atom stereocenters. The fourth-order valence-corrected chi connectivity index (χ4v) is 3.95. The first-order chi connectivity index (χ1) is 13.9. The van der Waals surface area contributed by atoms with Gasteiger partial charge in [0.25, 0.3) is 5.91 Å². The number of hydrogen-bond acceptors (Lipinski definition) is 2. The second kappa shape index (κ2) is 10.1. The lowest BCUT2D eigenvalue weighted by Gasteiger charge is -2.22. The summed E-state index contributed by atoms with van der Waals surface area (Å²) in [4.78, 5) is 29.1.